The van der Waals surface area contributed by atoms with E-state index in [2.05, 4.69) is 6.07 Å². The molecule has 0 aromatic heterocycles. The van der Waals surface area contributed by atoms with Crippen LogP contribution in [0.5, 0.6) is 0 Å². The van der Waals surface area contributed by atoms with Crippen molar-refractivity contribution in [1.29, 1.82) is 5.26 Å². The van der Waals surface area contributed by atoms with Crippen molar-refractivity contribution in [2.24, 2.45) is 0 Å². The second-order valence-electron chi connectivity index (χ2n) is 5.91. The van der Waals surface area contributed by atoms with Crippen molar-refractivity contribution in [3.8, 4) is 6.07 Å². The third kappa shape index (κ3) is 2.42. The van der Waals surface area contributed by atoms with Gasteiger partial charge in [-0.3, -0.25) is 0 Å². The molecule has 2 rings (SSSR count). The number of hydrogen-bond donors (Lipinski definition) is 1. The molecule has 0 radical (unpaired) electrons. The molecule has 0 amide bonds. The normalized spacial score (nSPS) is 19.2. The van der Waals surface area contributed by atoms with Crippen molar-refractivity contribution in [3.05, 3.63) is 35.4 Å². The quantitative estimate of drug-likeness (QED) is 0.861. The van der Waals surface area contributed by atoms with E-state index in [9.17, 15) is 10.4 Å². The molecule has 1 aromatic carbocycles. The molecule has 1 fully saturated rings. The van der Waals surface area contributed by atoms with Gasteiger partial charge in [-0.15, -0.1) is 0 Å². The van der Waals surface area contributed by atoms with E-state index in [4.69, 9.17) is 0 Å². The zero-order valence-electron chi connectivity index (χ0n) is 11.2. The van der Waals surface area contributed by atoms with E-state index in [0.29, 0.717) is 0 Å². The minimum Gasteiger partial charge on any atom is -0.385 e. The maximum atomic E-state index is 10.7. The Balaban J connectivity index is 2.36. The Morgan fingerprint density at radius 1 is 1.22 bits per heavy atom. The first kappa shape index (κ1) is 13.1. The maximum Gasteiger partial charge on any atom is 0.0896 e. The summed E-state index contributed by atoms with van der Waals surface area (Å²) < 4.78 is 0. The molecule has 0 heterocycles. The first-order chi connectivity index (χ1) is 8.48. The van der Waals surface area contributed by atoms with Gasteiger partial charge in [0.2, 0.25) is 0 Å². The molecule has 96 valence electrons. The zero-order chi connectivity index (χ0) is 13.2. The number of aliphatic hydroxyl groups is 1. The molecule has 1 aliphatic rings. The molecule has 18 heavy (non-hydrogen) atoms. The van der Waals surface area contributed by atoms with E-state index in [1.165, 1.54) is 6.42 Å². The van der Waals surface area contributed by atoms with Crippen LogP contribution in [0.25, 0.3) is 0 Å². The summed E-state index contributed by atoms with van der Waals surface area (Å²) in [7, 11) is 0. The SMILES string of the molecule is CC(C)(C#N)c1cccc(C2(O)CCCCC2)c1. The molecule has 1 saturated carbocycles. The molecule has 1 N–H and O–H groups in total. The first-order valence-corrected chi connectivity index (χ1v) is 6.73. The minimum absolute atomic E-state index is 0.499. The maximum absolute atomic E-state index is 10.7. The van der Waals surface area contributed by atoms with Crippen LogP contribution < -0.4 is 0 Å². The summed E-state index contributed by atoms with van der Waals surface area (Å²) in [6.45, 7) is 3.83. The third-order valence-corrected chi connectivity index (χ3v) is 4.08. The highest BCUT2D eigenvalue weighted by atomic mass is 16.3. The number of benzene rings is 1. The lowest BCUT2D eigenvalue weighted by Gasteiger charge is -2.33. The number of hydrogen-bond acceptors (Lipinski definition) is 2. The molecule has 1 aromatic rings. The van der Waals surface area contributed by atoms with Crippen molar-refractivity contribution in [1.82, 2.24) is 0 Å². The second-order valence-corrected chi connectivity index (χ2v) is 5.91. The van der Waals surface area contributed by atoms with Crippen LogP contribution in [0.2, 0.25) is 0 Å². The number of nitriles is 1. The van der Waals surface area contributed by atoms with Gasteiger partial charge >= 0.3 is 0 Å². The zero-order valence-corrected chi connectivity index (χ0v) is 11.2. The van der Waals surface area contributed by atoms with Crippen LogP contribution in [0, 0.1) is 11.3 Å². The summed E-state index contributed by atoms with van der Waals surface area (Å²) in [4.78, 5) is 0. The molecule has 1 aliphatic carbocycles. The molecule has 0 atom stereocenters. The summed E-state index contributed by atoms with van der Waals surface area (Å²) in [5.74, 6) is 0. The van der Waals surface area contributed by atoms with Gasteiger partial charge in [0.1, 0.15) is 0 Å². The van der Waals surface area contributed by atoms with Crippen LogP contribution in [0.15, 0.2) is 24.3 Å². The summed E-state index contributed by atoms with van der Waals surface area (Å²) in [6, 6.07) is 10.2. The van der Waals surface area contributed by atoms with Gasteiger partial charge in [0.15, 0.2) is 0 Å². The van der Waals surface area contributed by atoms with Gasteiger partial charge in [0.25, 0.3) is 0 Å². The molecule has 0 unspecified atom stereocenters. The Hall–Kier alpha value is -1.33. The fraction of sp³-hybridized carbons (Fsp3) is 0.562. The van der Waals surface area contributed by atoms with Crippen molar-refractivity contribution in [2.75, 3.05) is 0 Å². The van der Waals surface area contributed by atoms with E-state index in [0.717, 1.165) is 36.8 Å². The van der Waals surface area contributed by atoms with Crippen molar-refractivity contribution < 1.29 is 5.11 Å². The average molecular weight is 243 g/mol. The van der Waals surface area contributed by atoms with Gasteiger partial charge in [-0.1, -0.05) is 43.5 Å². The largest absolute Gasteiger partial charge is 0.385 e. The Morgan fingerprint density at radius 3 is 2.50 bits per heavy atom. The number of nitrogens with zero attached hydrogens (tertiary/aromatic N) is 1. The van der Waals surface area contributed by atoms with Gasteiger partial charge in [-0.2, -0.15) is 5.26 Å². The average Bonchev–Trinajstić information content (AvgIpc) is 2.40. The molecule has 0 aliphatic heterocycles. The molecule has 2 heteroatoms. The molecule has 0 saturated heterocycles. The Kier molecular flexibility index (Phi) is 3.45. The van der Waals surface area contributed by atoms with Crippen molar-refractivity contribution >= 4 is 0 Å². The highest BCUT2D eigenvalue weighted by Gasteiger charge is 2.32. The lowest BCUT2D eigenvalue weighted by atomic mass is 9.77. The van der Waals surface area contributed by atoms with Crippen LogP contribution in [0.4, 0.5) is 0 Å². The highest BCUT2D eigenvalue weighted by Crippen LogP contribution is 2.38. The van der Waals surface area contributed by atoms with Crippen LogP contribution in [-0.2, 0) is 11.0 Å². The van der Waals surface area contributed by atoms with Crippen LogP contribution in [0.3, 0.4) is 0 Å². The highest BCUT2D eigenvalue weighted by molar-refractivity contribution is 5.36. The molecular formula is C16H21NO. The fourth-order valence-corrected chi connectivity index (χ4v) is 2.69. The second kappa shape index (κ2) is 4.74. The minimum atomic E-state index is -0.681. The van der Waals surface area contributed by atoms with Crippen molar-refractivity contribution in [3.63, 3.8) is 0 Å². The predicted molar refractivity (Wildman–Crippen MR) is 72.1 cm³/mol. The molecular weight excluding hydrogens is 222 g/mol. The van der Waals surface area contributed by atoms with E-state index in [1.54, 1.807) is 0 Å². The smallest absolute Gasteiger partial charge is 0.0896 e. The van der Waals surface area contributed by atoms with E-state index in [1.807, 2.05) is 38.1 Å². The summed E-state index contributed by atoms with van der Waals surface area (Å²) in [5.41, 5.74) is 0.783. The van der Waals surface area contributed by atoms with Gasteiger partial charge in [0, 0.05) is 0 Å². The Morgan fingerprint density at radius 2 is 1.89 bits per heavy atom. The lowest BCUT2D eigenvalue weighted by Crippen LogP contribution is -2.29. The molecule has 2 nitrogen and oxygen atoms in total. The summed E-state index contributed by atoms with van der Waals surface area (Å²) in [6.07, 6.45) is 5.06. The summed E-state index contributed by atoms with van der Waals surface area (Å²) >= 11 is 0. The van der Waals surface area contributed by atoms with Crippen molar-refractivity contribution in [2.45, 2.75) is 57.0 Å². The lowest BCUT2D eigenvalue weighted by molar-refractivity contribution is -0.000719. The monoisotopic (exact) mass is 243 g/mol. The van der Waals surface area contributed by atoms with Gasteiger partial charge in [-0.25, -0.2) is 0 Å². The standard InChI is InChI=1S/C16H21NO/c1-15(2,12-17)13-7-6-8-14(11-13)16(18)9-4-3-5-10-16/h6-8,11,18H,3-5,9-10H2,1-2H3. The first-order valence-electron chi connectivity index (χ1n) is 6.73. The van der Waals surface area contributed by atoms with Crippen LogP contribution in [-0.4, -0.2) is 5.11 Å². The molecule has 0 bridgehead atoms. The van der Waals surface area contributed by atoms with E-state index in [-0.39, 0.29) is 0 Å². The topological polar surface area (TPSA) is 44.0 Å². The molecule has 0 spiro atoms. The van der Waals surface area contributed by atoms with Gasteiger partial charge in [0.05, 0.1) is 17.1 Å². The summed E-state index contributed by atoms with van der Waals surface area (Å²) in [5, 5.41) is 19.9. The van der Waals surface area contributed by atoms with Gasteiger partial charge < -0.3 is 5.11 Å². The number of rotatable bonds is 2. The Bertz CT molecular complexity index is 464. The Labute approximate surface area is 109 Å². The fourth-order valence-electron chi connectivity index (χ4n) is 2.69. The third-order valence-electron chi connectivity index (χ3n) is 4.08. The van der Waals surface area contributed by atoms with Crippen LogP contribution >= 0.6 is 0 Å². The van der Waals surface area contributed by atoms with E-state index < -0.39 is 11.0 Å². The van der Waals surface area contributed by atoms with Crippen LogP contribution in [0.1, 0.15) is 57.1 Å². The van der Waals surface area contributed by atoms with E-state index >= 15 is 0 Å². The van der Waals surface area contributed by atoms with Gasteiger partial charge in [-0.05, 0) is 37.8 Å². The predicted octanol–water partition coefficient (Wildman–Crippen LogP) is 3.64.